The Balaban J connectivity index is 2.84. The first-order chi connectivity index (χ1) is 8.10. The zero-order valence-electron chi connectivity index (χ0n) is 9.22. The van der Waals surface area contributed by atoms with Crippen molar-refractivity contribution in [3.8, 4) is 0 Å². The Hall–Kier alpha value is -1.47. The molecule has 0 aliphatic rings. The summed E-state index contributed by atoms with van der Waals surface area (Å²) in [4.78, 5) is 22.5. The van der Waals surface area contributed by atoms with Gasteiger partial charge in [-0.05, 0) is 17.7 Å². The number of nitrogens with one attached hydrogen (secondary N) is 1. The van der Waals surface area contributed by atoms with Crippen molar-refractivity contribution in [1.82, 2.24) is 0 Å². The Labute approximate surface area is 106 Å². The molecule has 0 saturated carbocycles. The third-order valence-electron chi connectivity index (χ3n) is 1.84. The number of ether oxygens (including phenoxy) is 1. The maximum atomic E-state index is 11.3. The highest BCUT2D eigenvalue weighted by molar-refractivity contribution is 8.03. The number of rotatable bonds is 5. The standard InChI is InChI=1S/C10H11NO4S2/c1-15-10(14)7(16-2)5-11-8-6(9(12)13)3-4-17-8/h3-5,11H,1-2H3,(H,12,13). The van der Waals surface area contributed by atoms with Gasteiger partial charge >= 0.3 is 11.9 Å². The second kappa shape index (κ2) is 6.31. The molecule has 17 heavy (non-hydrogen) atoms. The van der Waals surface area contributed by atoms with Gasteiger partial charge in [-0.1, -0.05) is 0 Å². The molecule has 0 aliphatic heterocycles. The van der Waals surface area contributed by atoms with Crippen LogP contribution in [0.25, 0.3) is 0 Å². The topological polar surface area (TPSA) is 75.6 Å². The molecule has 0 aliphatic carbocycles. The molecule has 0 spiro atoms. The Morgan fingerprint density at radius 3 is 2.82 bits per heavy atom. The molecular weight excluding hydrogens is 262 g/mol. The van der Waals surface area contributed by atoms with E-state index in [1.807, 2.05) is 0 Å². The summed E-state index contributed by atoms with van der Waals surface area (Å²) in [5.41, 5.74) is 0.177. The minimum absolute atomic E-state index is 0.177. The number of hydrogen-bond donors (Lipinski definition) is 2. The van der Waals surface area contributed by atoms with Crippen LogP contribution in [0.3, 0.4) is 0 Å². The van der Waals surface area contributed by atoms with Crippen LogP contribution in [0.15, 0.2) is 22.6 Å². The van der Waals surface area contributed by atoms with Crippen molar-refractivity contribution in [2.75, 3.05) is 18.7 Å². The average molecular weight is 273 g/mol. The molecule has 0 saturated heterocycles. The van der Waals surface area contributed by atoms with Gasteiger partial charge in [0.2, 0.25) is 0 Å². The number of carbonyl (C=O) groups is 2. The zero-order valence-corrected chi connectivity index (χ0v) is 10.9. The summed E-state index contributed by atoms with van der Waals surface area (Å²) in [5, 5.41) is 13.8. The quantitative estimate of drug-likeness (QED) is 0.633. The molecule has 0 radical (unpaired) electrons. The summed E-state index contributed by atoms with van der Waals surface area (Å²) in [7, 11) is 1.29. The van der Waals surface area contributed by atoms with Gasteiger partial charge in [-0.25, -0.2) is 9.59 Å². The van der Waals surface area contributed by atoms with Crippen LogP contribution in [0.1, 0.15) is 10.4 Å². The van der Waals surface area contributed by atoms with Gasteiger partial charge in [0, 0.05) is 6.20 Å². The summed E-state index contributed by atoms with van der Waals surface area (Å²) in [6.45, 7) is 0. The maximum absolute atomic E-state index is 11.3. The van der Waals surface area contributed by atoms with Crippen LogP contribution in [-0.4, -0.2) is 30.4 Å². The van der Waals surface area contributed by atoms with Gasteiger partial charge in [-0.15, -0.1) is 23.1 Å². The van der Waals surface area contributed by atoms with E-state index in [4.69, 9.17) is 5.11 Å². The van der Waals surface area contributed by atoms with Crippen molar-refractivity contribution in [3.63, 3.8) is 0 Å². The molecule has 0 atom stereocenters. The highest BCUT2D eigenvalue weighted by Crippen LogP contribution is 2.24. The van der Waals surface area contributed by atoms with Gasteiger partial charge in [-0.3, -0.25) is 0 Å². The summed E-state index contributed by atoms with van der Waals surface area (Å²) in [5.74, 6) is -1.47. The molecule has 0 unspecified atom stereocenters. The third kappa shape index (κ3) is 3.50. The van der Waals surface area contributed by atoms with E-state index in [1.54, 1.807) is 11.6 Å². The summed E-state index contributed by atoms with van der Waals surface area (Å²) in [6, 6.07) is 1.50. The van der Waals surface area contributed by atoms with Gasteiger partial charge in [0.1, 0.15) is 9.91 Å². The van der Waals surface area contributed by atoms with Crippen LogP contribution in [0, 0.1) is 0 Å². The van der Waals surface area contributed by atoms with Crippen molar-refractivity contribution in [3.05, 3.63) is 28.1 Å². The lowest BCUT2D eigenvalue weighted by Crippen LogP contribution is -2.04. The van der Waals surface area contributed by atoms with E-state index >= 15 is 0 Å². The molecule has 1 aromatic rings. The van der Waals surface area contributed by atoms with Gasteiger partial charge in [0.05, 0.1) is 12.7 Å². The van der Waals surface area contributed by atoms with Crippen LogP contribution in [0.4, 0.5) is 5.00 Å². The van der Waals surface area contributed by atoms with Crippen molar-refractivity contribution < 1.29 is 19.4 Å². The molecule has 2 N–H and O–H groups in total. The number of anilines is 1. The molecule has 0 fully saturated rings. The first kappa shape index (κ1) is 13.6. The van der Waals surface area contributed by atoms with E-state index in [-0.39, 0.29) is 5.56 Å². The zero-order chi connectivity index (χ0) is 12.8. The van der Waals surface area contributed by atoms with Gasteiger partial charge < -0.3 is 15.2 Å². The number of carboxylic acids is 1. The van der Waals surface area contributed by atoms with Crippen LogP contribution >= 0.6 is 23.1 Å². The van der Waals surface area contributed by atoms with Crippen molar-refractivity contribution in [1.29, 1.82) is 0 Å². The molecule has 92 valence electrons. The Morgan fingerprint density at radius 1 is 1.59 bits per heavy atom. The molecule has 0 amide bonds. The molecule has 1 rings (SSSR count). The lowest BCUT2D eigenvalue weighted by atomic mass is 10.3. The summed E-state index contributed by atoms with van der Waals surface area (Å²) < 4.78 is 4.57. The number of thioether (sulfide) groups is 1. The summed E-state index contributed by atoms with van der Waals surface area (Å²) in [6.07, 6.45) is 3.17. The first-order valence-electron chi connectivity index (χ1n) is 4.50. The van der Waals surface area contributed by atoms with E-state index < -0.39 is 11.9 Å². The Bertz CT molecular complexity index is 453. The Kier molecular flexibility index (Phi) is 5.05. The predicted molar refractivity (Wildman–Crippen MR) is 68.5 cm³/mol. The number of thiophene rings is 1. The molecule has 7 heteroatoms. The molecule has 5 nitrogen and oxygen atoms in total. The van der Waals surface area contributed by atoms with E-state index in [9.17, 15) is 9.59 Å². The fourth-order valence-electron chi connectivity index (χ4n) is 1.02. The van der Waals surface area contributed by atoms with Gasteiger partial charge in [-0.2, -0.15) is 0 Å². The smallest absolute Gasteiger partial charge is 0.345 e. The Morgan fingerprint density at radius 2 is 2.29 bits per heavy atom. The number of esters is 1. The molecule has 1 aromatic heterocycles. The monoisotopic (exact) mass is 273 g/mol. The highest BCUT2D eigenvalue weighted by atomic mass is 32.2. The van der Waals surface area contributed by atoms with Gasteiger partial charge in [0.25, 0.3) is 0 Å². The maximum Gasteiger partial charge on any atom is 0.345 e. The molecule has 0 bridgehead atoms. The SMILES string of the molecule is COC(=O)C(=CNc1sccc1C(=O)O)SC. The second-order valence-electron chi connectivity index (χ2n) is 2.82. The minimum Gasteiger partial charge on any atom is -0.478 e. The average Bonchev–Trinajstić information content (AvgIpc) is 2.77. The van der Waals surface area contributed by atoms with Crippen LogP contribution in [0.2, 0.25) is 0 Å². The fourth-order valence-corrected chi connectivity index (χ4v) is 2.20. The third-order valence-corrected chi connectivity index (χ3v) is 3.41. The lowest BCUT2D eigenvalue weighted by Gasteiger charge is -2.03. The normalized spacial score (nSPS) is 11.1. The van der Waals surface area contributed by atoms with Crippen LogP contribution in [0.5, 0.6) is 0 Å². The number of aromatic carboxylic acids is 1. The van der Waals surface area contributed by atoms with E-state index in [0.717, 1.165) is 0 Å². The number of carboxylic acid groups (broad SMARTS) is 1. The van der Waals surface area contributed by atoms with Crippen LogP contribution < -0.4 is 5.32 Å². The summed E-state index contributed by atoms with van der Waals surface area (Å²) >= 11 is 2.47. The van der Waals surface area contributed by atoms with Crippen molar-refractivity contribution in [2.45, 2.75) is 0 Å². The largest absolute Gasteiger partial charge is 0.478 e. The van der Waals surface area contributed by atoms with E-state index in [1.165, 1.54) is 42.5 Å². The minimum atomic E-state index is -1.01. The van der Waals surface area contributed by atoms with Gasteiger partial charge in [0.15, 0.2) is 0 Å². The molecule has 1 heterocycles. The predicted octanol–water partition coefficient (Wildman–Crippen LogP) is 2.24. The highest BCUT2D eigenvalue weighted by Gasteiger charge is 2.12. The fraction of sp³-hybridized carbons (Fsp3) is 0.200. The van der Waals surface area contributed by atoms with Crippen LogP contribution in [-0.2, 0) is 9.53 Å². The van der Waals surface area contributed by atoms with E-state index in [0.29, 0.717) is 9.91 Å². The van der Waals surface area contributed by atoms with Crippen molar-refractivity contribution >= 4 is 40.0 Å². The second-order valence-corrected chi connectivity index (χ2v) is 4.58. The number of hydrogen-bond acceptors (Lipinski definition) is 6. The number of methoxy groups -OCH3 is 1. The van der Waals surface area contributed by atoms with E-state index in [2.05, 4.69) is 10.1 Å². The molecule has 0 aromatic carbocycles. The first-order valence-corrected chi connectivity index (χ1v) is 6.60. The van der Waals surface area contributed by atoms with Crippen molar-refractivity contribution in [2.24, 2.45) is 0 Å². The molecular formula is C10H11NO4S2. The lowest BCUT2D eigenvalue weighted by molar-refractivity contribution is -0.135. The number of carbonyl (C=O) groups excluding carboxylic acids is 1.